The molecule has 162 valence electrons. The number of carbonyl (C=O) groups excluding carboxylic acids is 1. The van der Waals surface area contributed by atoms with E-state index in [4.69, 9.17) is 11.6 Å². The predicted molar refractivity (Wildman–Crippen MR) is 121 cm³/mol. The van der Waals surface area contributed by atoms with E-state index in [1.165, 1.54) is 17.0 Å². The topological polar surface area (TPSA) is 40.5 Å². The molecular weight excluding hydrogens is 415 g/mol. The summed E-state index contributed by atoms with van der Waals surface area (Å²) in [7, 11) is 0. The minimum Gasteiger partial charge on any atom is -0.321 e. The molecule has 1 N–H and O–H groups in total. The molecule has 0 bridgehead atoms. The van der Waals surface area contributed by atoms with Gasteiger partial charge in [0.05, 0.1) is 14.8 Å². The second kappa shape index (κ2) is 7.84. The number of amides is 2. The lowest BCUT2D eigenvalue weighted by Crippen LogP contribution is -2.57. The maximum absolute atomic E-state index is 13.6. The summed E-state index contributed by atoms with van der Waals surface area (Å²) in [6.07, 6.45) is 4.79. The fourth-order valence-electron chi connectivity index (χ4n) is 4.70. The number of halogens is 2. The van der Waals surface area contributed by atoms with Crippen LogP contribution in [0.3, 0.4) is 0 Å². The first kappa shape index (κ1) is 18.0. The van der Waals surface area contributed by atoms with E-state index in [0.717, 1.165) is 35.9 Å². The fourth-order valence-corrected chi connectivity index (χ4v) is 4.87. The number of hydrogen-bond donors (Lipinski definition) is 1. The van der Waals surface area contributed by atoms with E-state index >= 15 is 0 Å². The molecule has 5 nitrogen and oxygen atoms in total. The smallest absolute Gasteiger partial charge is 0.319 e. The lowest BCUT2D eigenvalue weighted by molar-refractivity contribution is 0.0549. The SMILES string of the molecule is [2H]C1([2H])N(CC)C(=O)NC1(c1cn(-c2ccc(F)cc2)c2ccc(Cl)cc12)N1CCCCC1. The highest BCUT2D eigenvalue weighted by molar-refractivity contribution is 6.31. The quantitative estimate of drug-likeness (QED) is 0.610. The molecule has 2 amide bonds. The van der Waals surface area contributed by atoms with Crippen molar-refractivity contribution in [1.82, 2.24) is 19.7 Å². The average molecular weight is 443 g/mol. The number of carbonyl (C=O) groups is 1. The third-order valence-corrected chi connectivity index (χ3v) is 6.47. The Morgan fingerprint density at radius 1 is 1.16 bits per heavy atom. The molecule has 1 unspecified atom stereocenters. The van der Waals surface area contributed by atoms with Crippen molar-refractivity contribution in [3.8, 4) is 5.69 Å². The first-order valence-electron chi connectivity index (χ1n) is 11.7. The molecule has 0 aliphatic carbocycles. The van der Waals surface area contributed by atoms with Gasteiger partial charge in [-0.05, 0) is 62.2 Å². The Balaban J connectivity index is 1.81. The zero-order chi connectivity index (χ0) is 23.4. The number of nitrogens with one attached hydrogen (secondary N) is 1. The number of nitrogens with zero attached hydrogens (tertiary/aromatic N) is 3. The van der Waals surface area contributed by atoms with Gasteiger partial charge in [-0.2, -0.15) is 0 Å². The van der Waals surface area contributed by atoms with Crippen LogP contribution in [-0.2, 0) is 5.66 Å². The van der Waals surface area contributed by atoms with Crippen LogP contribution < -0.4 is 5.32 Å². The molecule has 1 atom stereocenters. The van der Waals surface area contributed by atoms with Crippen molar-refractivity contribution >= 4 is 28.5 Å². The molecule has 5 rings (SSSR count). The minimum absolute atomic E-state index is 0.242. The van der Waals surface area contributed by atoms with E-state index < -0.39 is 18.2 Å². The van der Waals surface area contributed by atoms with Crippen molar-refractivity contribution < 1.29 is 11.9 Å². The minimum atomic E-state index is -2.01. The van der Waals surface area contributed by atoms with Gasteiger partial charge >= 0.3 is 6.03 Å². The molecule has 2 aliphatic rings. The van der Waals surface area contributed by atoms with Gasteiger partial charge < -0.3 is 14.8 Å². The van der Waals surface area contributed by atoms with Gasteiger partial charge in [-0.3, -0.25) is 4.90 Å². The highest BCUT2D eigenvalue weighted by Crippen LogP contribution is 2.40. The fraction of sp³-hybridized carbons (Fsp3) is 0.375. The number of rotatable bonds is 4. The van der Waals surface area contributed by atoms with E-state index in [9.17, 15) is 11.9 Å². The van der Waals surface area contributed by atoms with Gasteiger partial charge in [-0.25, -0.2) is 9.18 Å². The Morgan fingerprint density at radius 2 is 1.90 bits per heavy atom. The zero-order valence-electron chi connectivity index (χ0n) is 19.4. The number of likely N-dealkylation sites (tertiary alicyclic amines) is 1. The number of likely N-dealkylation sites (N-methyl/N-ethyl adjacent to an activating group) is 1. The van der Waals surface area contributed by atoms with E-state index in [1.54, 1.807) is 25.1 Å². The number of piperidine rings is 1. The molecule has 0 saturated carbocycles. The van der Waals surface area contributed by atoms with Crippen LogP contribution in [0.5, 0.6) is 0 Å². The van der Waals surface area contributed by atoms with Crippen LogP contribution in [0.15, 0.2) is 48.7 Å². The van der Waals surface area contributed by atoms with E-state index in [2.05, 4.69) is 10.2 Å². The molecule has 2 saturated heterocycles. The molecule has 2 aromatic carbocycles. The molecule has 3 heterocycles. The van der Waals surface area contributed by atoms with Crippen molar-refractivity contribution in [2.24, 2.45) is 0 Å². The second-order valence-corrected chi connectivity index (χ2v) is 8.53. The molecule has 0 radical (unpaired) electrons. The Morgan fingerprint density at radius 3 is 2.58 bits per heavy atom. The van der Waals surface area contributed by atoms with Gasteiger partial charge in [0, 0.05) is 47.5 Å². The summed E-state index contributed by atoms with van der Waals surface area (Å²) in [5, 5.41) is 4.32. The van der Waals surface area contributed by atoms with Crippen molar-refractivity contribution in [2.45, 2.75) is 31.8 Å². The maximum atomic E-state index is 13.6. The summed E-state index contributed by atoms with van der Waals surface area (Å²) in [6.45, 7) is 1.34. The summed E-state index contributed by atoms with van der Waals surface area (Å²) in [6, 6.07) is 11.2. The standard InChI is InChI=1S/C24H26ClFN4O/c1-2-28-16-24(27-23(28)31,29-12-4-3-5-13-29)21-15-30(19-9-7-18(26)8-10-19)22-11-6-17(25)14-20(21)22/h6-11,14-15H,2-5,12-13,16H2,1H3,(H,27,31)/i16D2. The second-order valence-electron chi connectivity index (χ2n) is 8.09. The third-order valence-electron chi connectivity index (χ3n) is 6.24. The van der Waals surface area contributed by atoms with E-state index in [0.29, 0.717) is 23.7 Å². The van der Waals surface area contributed by atoms with Crippen molar-refractivity contribution in [2.75, 3.05) is 26.1 Å². The summed E-state index contributed by atoms with van der Waals surface area (Å²) in [5.74, 6) is -0.332. The van der Waals surface area contributed by atoms with Crippen LogP contribution >= 0.6 is 11.6 Å². The van der Waals surface area contributed by atoms with Crippen LogP contribution in [0.25, 0.3) is 16.6 Å². The Bertz CT molecular complexity index is 1210. The Hall–Kier alpha value is -2.57. The highest BCUT2D eigenvalue weighted by Gasteiger charge is 2.49. The van der Waals surface area contributed by atoms with Crippen LogP contribution in [0.4, 0.5) is 9.18 Å². The molecule has 7 heteroatoms. The summed E-state index contributed by atoms with van der Waals surface area (Å²) in [5.41, 5.74) is 0.785. The van der Waals surface area contributed by atoms with Gasteiger partial charge in [0.15, 0.2) is 0 Å². The van der Waals surface area contributed by atoms with E-state index in [1.807, 2.05) is 22.9 Å². The van der Waals surface area contributed by atoms with Gasteiger partial charge in [0.2, 0.25) is 0 Å². The first-order valence-corrected chi connectivity index (χ1v) is 11.1. The third kappa shape index (κ3) is 3.38. The maximum Gasteiger partial charge on any atom is 0.319 e. The molecular formula is C24H26ClFN4O. The highest BCUT2D eigenvalue weighted by atomic mass is 35.5. The first-order chi connectivity index (χ1) is 15.8. The van der Waals surface area contributed by atoms with Crippen LogP contribution in [0, 0.1) is 5.82 Å². The molecule has 31 heavy (non-hydrogen) atoms. The molecule has 1 aromatic heterocycles. The van der Waals surface area contributed by atoms with E-state index in [-0.39, 0.29) is 12.4 Å². The summed E-state index contributed by atoms with van der Waals surface area (Å²) >= 11 is 6.40. The number of benzene rings is 2. The average Bonchev–Trinajstić information content (AvgIpc) is 3.26. The lowest BCUT2D eigenvalue weighted by atomic mass is 9.94. The Kier molecular flexibility index (Phi) is 4.56. The van der Waals surface area contributed by atoms with Gasteiger partial charge in [0.25, 0.3) is 0 Å². The number of fused-ring (bicyclic) bond motifs is 1. The Labute approximate surface area is 189 Å². The van der Waals surface area contributed by atoms with Gasteiger partial charge in [0.1, 0.15) is 11.5 Å². The van der Waals surface area contributed by atoms with Crippen LogP contribution in [0.2, 0.25) is 5.02 Å². The molecule has 3 aromatic rings. The normalized spacial score (nSPS) is 24.9. The number of aromatic nitrogens is 1. The van der Waals surface area contributed by atoms with Crippen LogP contribution in [-0.4, -0.2) is 46.5 Å². The lowest BCUT2D eigenvalue weighted by Gasteiger charge is -2.42. The van der Waals surface area contributed by atoms with Crippen molar-refractivity contribution in [3.05, 3.63) is 65.1 Å². The van der Waals surface area contributed by atoms with Gasteiger partial charge in [-0.15, -0.1) is 0 Å². The van der Waals surface area contributed by atoms with Gasteiger partial charge in [-0.1, -0.05) is 18.0 Å². The molecule has 2 aliphatic heterocycles. The number of urea groups is 1. The van der Waals surface area contributed by atoms with Crippen LogP contribution in [0.1, 0.15) is 34.5 Å². The van der Waals surface area contributed by atoms with Crippen molar-refractivity contribution in [1.29, 1.82) is 0 Å². The summed E-state index contributed by atoms with van der Waals surface area (Å²) < 4.78 is 33.9. The largest absolute Gasteiger partial charge is 0.321 e. The van der Waals surface area contributed by atoms with Crippen molar-refractivity contribution in [3.63, 3.8) is 0 Å². The summed E-state index contributed by atoms with van der Waals surface area (Å²) in [4.78, 5) is 16.4. The molecule has 2 fully saturated rings. The molecule has 0 spiro atoms. The predicted octanol–water partition coefficient (Wildman–Crippen LogP) is 5.11. The number of hydrogen-bond acceptors (Lipinski definition) is 2. The zero-order valence-corrected chi connectivity index (χ0v) is 18.1. The monoisotopic (exact) mass is 442 g/mol.